The molecule has 0 atom stereocenters. The molecule has 0 unspecified atom stereocenters. The summed E-state index contributed by atoms with van der Waals surface area (Å²) in [6.07, 6.45) is -4.03. The second kappa shape index (κ2) is 5.39. The summed E-state index contributed by atoms with van der Waals surface area (Å²) in [7, 11) is 0. The van der Waals surface area contributed by atoms with Gasteiger partial charge >= 0.3 is 6.36 Å². The van der Waals surface area contributed by atoms with Gasteiger partial charge in [-0.2, -0.15) is 0 Å². The average molecular weight is 234 g/mol. The lowest BCUT2D eigenvalue weighted by Crippen LogP contribution is -2.17. The van der Waals surface area contributed by atoms with Gasteiger partial charge in [-0.05, 0) is 12.1 Å². The highest BCUT2D eigenvalue weighted by Crippen LogP contribution is 2.31. The Hall–Kier alpha value is -1.72. The van der Waals surface area contributed by atoms with E-state index in [0.717, 1.165) is 6.07 Å². The third kappa shape index (κ3) is 4.20. The van der Waals surface area contributed by atoms with Crippen molar-refractivity contribution in [2.45, 2.75) is 12.8 Å². The van der Waals surface area contributed by atoms with Gasteiger partial charge < -0.3 is 14.3 Å². The highest BCUT2D eigenvalue weighted by molar-refractivity contribution is 5.49. The van der Waals surface area contributed by atoms with Gasteiger partial charge in [-0.3, -0.25) is 0 Å². The van der Waals surface area contributed by atoms with E-state index in [1.807, 2.05) is 0 Å². The van der Waals surface area contributed by atoms with Crippen molar-refractivity contribution in [1.29, 1.82) is 0 Å². The van der Waals surface area contributed by atoms with Crippen molar-refractivity contribution in [1.82, 2.24) is 0 Å². The van der Waals surface area contributed by atoms with Crippen LogP contribution in [0.4, 0.5) is 13.2 Å². The van der Waals surface area contributed by atoms with Gasteiger partial charge in [0.15, 0.2) is 11.5 Å². The van der Waals surface area contributed by atoms with Crippen molar-refractivity contribution in [2.24, 2.45) is 0 Å². The molecule has 0 saturated heterocycles. The predicted molar refractivity (Wildman–Crippen MR) is 49.3 cm³/mol. The lowest BCUT2D eigenvalue weighted by molar-refractivity contribution is -0.275. The van der Waals surface area contributed by atoms with Gasteiger partial charge in [-0.1, -0.05) is 12.1 Å². The minimum Gasteiger partial charge on any atom is -0.489 e. The van der Waals surface area contributed by atoms with E-state index in [4.69, 9.17) is 4.74 Å². The van der Waals surface area contributed by atoms with Crippen LogP contribution in [-0.4, -0.2) is 19.3 Å². The predicted octanol–water partition coefficient (Wildman–Crippen LogP) is 2.55. The number of alkyl halides is 3. The van der Waals surface area contributed by atoms with Gasteiger partial charge in [0.05, 0.1) is 6.61 Å². The molecule has 0 N–H and O–H groups in total. The molecule has 0 fully saturated rings. The maximum absolute atomic E-state index is 12.0. The standard InChI is InChI=1S/C10H9F3O3/c11-10(12,13)16-9-5-2-1-4-8(9)15-7-3-6-14/h1-2,4-6H,3,7H2. The van der Waals surface area contributed by atoms with Gasteiger partial charge in [0, 0.05) is 6.42 Å². The Morgan fingerprint density at radius 1 is 1.19 bits per heavy atom. The third-order valence-corrected chi connectivity index (χ3v) is 1.57. The number of ether oxygens (including phenoxy) is 2. The van der Waals surface area contributed by atoms with Crippen molar-refractivity contribution in [3.63, 3.8) is 0 Å². The van der Waals surface area contributed by atoms with Crippen LogP contribution in [0.25, 0.3) is 0 Å². The summed E-state index contributed by atoms with van der Waals surface area (Å²) in [5.74, 6) is -0.456. The summed E-state index contributed by atoms with van der Waals surface area (Å²) in [4.78, 5) is 10.0. The number of hydrogen-bond acceptors (Lipinski definition) is 3. The maximum atomic E-state index is 12.0. The van der Waals surface area contributed by atoms with Gasteiger partial charge in [-0.15, -0.1) is 13.2 Å². The van der Waals surface area contributed by atoms with Crippen LogP contribution in [0.15, 0.2) is 24.3 Å². The summed E-state index contributed by atoms with van der Waals surface area (Å²) >= 11 is 0. The number of carbonyl (C=O) groups is 1. The number of hydrogen-bond donors (Lipinski definition) is 0. The lowest BCUT2D eigenvalue weighted by Gasteiger charge is -2.13. The van der Waals surface area contributed by atoms with Crippen LogP contribution in [0, 0.1) is 0 Å². The van der Waals surface area contributed by atoms with E-state index in [0.29, 0.717) is 6.29 Å². The molecule has 0 aromatic heterocycles. The smallest absolute Gasteiger partial charge is 0.489 e. The molecule has 0 aliphatic carbocycles. The molecule has 0 saturated carbocycles. The van der Waals surface area contributed by atoms with Crippen LogP contribution in [0.1, 0.15) is 6.42 Å². The van der Waals surface area contributed by atoms with E-state index < -0.39 is 12.1 Å². The fourth-order valence-electron chi connectivity index (χ4n) is 0.995. The first-order valence-corrected chi connectivity index (χ1v) is 4.44. The number of aldehydes is 1. The monoisotopic (exact) mass is 234 g/mol. The van der Waals surface area contributed by atoms with E-state index in [2.05, 4.69) is 4.74 Å². The first-order valence-electron chi connectivity index (χ1n) is 4.44. The van der Waals surface area contributed by atoms with E-state index in [1.165, 1.54) is 18.2 Å². The zero-order valence-electron chi connectivity index (χ0n) is 8.16. The molecular weight excluding hydrogens is 225 g/mol. The highest BCUT2D eigenvalue weighted by Gasteiger charge is 2.32. The van der Waals surface area contributed by atoms with Crippen LogP contribution in [0.5, 0.6) is 11.5 Å². The number of benzene rings is 1. The molecule has 16 heavy (non-hydrogen) atoms. The van der Waals surface area contributed by atoms with Gasteiger partial charge in [0.1, 0.15) is 6.29 Å². The van der Waals surface area contributed by atoms with E-state index in [-0.39, 0.29) is 18.8 Å². The first kappa shape index (κ1) is 12.4. The summed E-state index contributed by atoms with van der Waals surface area (Å²) in [5, 5.41) is 0. The zero-order chi connectivity index (χ0) is 12.0. The fraction of sp³-hybridized carbons (Fsp3) is 0.300. The first-order chi connectivity index (χ1) is 7.53. The minimum absolute atomic E-state index is 0.0156. The molecule has 0 amide bonds. The van der Waals surface area contributed by atoms with E-state index in [9.17, 15) is 18.0 Å². The molecular formula is C10H9F3O3. The molecule has 1 aromatic rings. The van der Waals surface area contributed by atoms with Crippen LogP contribution >= 0.6 is 0 Å². The topological polar surface area (TPSA) is 35.5 Å². The molecule has 3 nitrogen and oxygen atoms in total. The van der Waals surface area contributed by atoms with E-state index >= 15 is 0 Å². The number of carbonyl (C=O) groups excluding carboxylic acids is 1. The van der Waals surface area contributed by atoms with Crippen LogP contribution in [0.2, 0.25) is 0 Å². The number of halogens is 3. The van der Waals surface area contributed by atoms with Crippen molar-refractivity contribution in [3.8, 4) is 11.5 Å². The molecule has 1 rings (SSSR count). The van der Waals surface area contributed by atoms with Crippen molar-refractivity contribution < 1.29 is 27.4 Å². The van der Waals surface area contributed by atoms with Crippen molar-refractivity contribution in [2.75, 3.05) is 6.61 Å². The fourth-order valence-corrected chi connectivity index (χ4v) is 0.995. The van der Waals surface area contributed by atoms with Gasteiger partial charge in [0.2, 0.25) is 0 Å². The summed E-state index contributed by atoms with van der Waals surface area (Å²) in [6, 6.07) is 5.39. The SMILES string of the molecule is O=CCCOc1ccccc1OC(F)(F)F. The number of rotatable bonds is 5. The van der Waals surface area contributed by atoms with Gasteiger partial charge in [0.25, 0.3) is 0 Å². The third-order valence-electron chi connectivity index (χ3n) is 1.57. The largest absolute Gasteiger partial charge is 0.573 e. The van der Waals surface area contributed by atoms with E-state index in [1.54, 1.807) is 0 Å². The summed E-state index contributed by atoms with van der Waals surface area (Å²) in [6.45, 7) is 0.0156. The Morgan fingerprint density at radius 2 is 1.81 bits per heavy atom. The van der Waals surface area contributed by atoms with Crippen LogP contribution < -0.4 is 9.47 Å². The summed E-state index contributed by atoms with van der Waals surface area (Å²) in [5.41, 5.74) is 0. The molecule has 6 heteroatoms. The molecule has 88 valence electrons. The molecule has 0 bridgehead atoms. The average Bonchev–Trinajstić information content (AvgIpc) is 2.19. The Morgan fingerprint density at radius 3 is 2.38 bits per heavy atom. The highest BCUT2D eigenvalue weighted by atomic mass is 19.4. The van der Waals surface area contributed by atoms with Crippen molar-refractivity contribution in [3.05, 3.63) is 24.3 Å². The second-order valence-corrected chi connectivity index (χ2v) is 2.80. The summed E-state index contributed by atoms with van der Waals surface area (Å²) < 4.78 is 44.6. The normalized spacial score (nSPS) is 10.9. The molecule has 0 aliphatic heterocycles. The Kier molecular flexibility index (Phi) is 4.16. The number of para-hydroxylation sites is 2. The minimum atomic E-state index is -4.76. The lowest BCUT2D eigenvalue weighted by atomic mass is 10.3. The molecule has 1 aromatic carbocycles. The Balaban J connectivity index is 2.71. The molecule has 0 spiro atoms. The second-order valence-electron chi connectivity index (χ2n) is 2.80. The van der Waals surface area contributed by atoms with Crippen LogP contribution in [-0.2, 0) is 4.79 Å². The molecule has 0 heterocycles. The van der Waals surface area contributed by atoms with Crippen LogP contribution in [0.3, 0.4) is 0 Å². The quantitative estimate of drug-likeness (QED) is 0.580. The Labute approximate surface area is 89.8 Å². The molecule has 0 radical (unpaired) electrons. The molecule has 0 aliphatic rings. The van der Waals surface area contributed by atoms with Gasteiger partial charge in [-0.25, -0.2) is 0 Å². The van der Waals surface area contributed by atoms with Crippen molar-refractivity contribution >= 4 is 6.29 Å². The maximum Gasteiger partial charge on any atom is 0.573 e. The zero-order valence-corrected chi connectivity index (χ0v) is 8.16. The Bertz CT molecular complexity index is 349.